The van der Waals surface area contributed by atoms with E-state index in [1.807, 2.05) is 6.92 Å². The molecule has 0 aliphatic rings. The third kappa shape index (κ3) is 3.25. The van der Waals surface area contributed by atoms with Gasteiger partial charge in [-0.05, 0) is 25.5 Å². The Morgan fingerprint density at radius 1 is 1.69 bits per heavy atom. The van der Waals surface area contributed by atoms with Gasteiger partial charge in [0.1, 0.15) is 5.15 Å². The van der Waals surface area contributed by atoms with E-state index in [4.69, 9.17) is 18.0 Å². The van der Waals surface area contributed by atoms with Crippen molar-refractivity contribution < 1.29 is 4.79 Å². The molecule has 0 radical (unpaired) electrons. The molecule has 0 saturated heterocycles. The zero-order chi connectivity index (χ0) is 12.1. The molecular formula is C12H13ClN2O. The highest BCUT2D eigenvalue weighted by atomic mass is 35.5. The topological polar surface area (TPSA) is 42.0 Å². The molecule has 1 aromatic heterocycles. The van der Waals surface area contributed by atoms with Gasteiger partial charge in [-0.15, -0.1) is 6.42 Å². The van der Waals surface area contributed by atoms with Gasteiger partial charge >= 0.3 is 0 Å². The van der Waals surface area contributed by atoms with Crippen LogP contribution in [0.5, 0.6) is 0 Å². The van der Waals surface area contributed by atoms with Crippen LogP contribution in [0.2, 0.25) is 5.15 Å². The predicted octanol–water partition coefficient (Wildman–Crippen LogP) is 2.05. The Morgan fingerprint density at radius 2 is 2.38 bits per heavy atom. The maximum Gasteiger partial charge on any atom is 0.252 e. The van der Waals surface area contributed by atoms with E-state index in [9.17, 15) is 4.79 Å². The quantitative estimate of drug-likeness (QED) is 0.645. The van der Waals surface area contributed by atoms with Crippen LogP contribution in [0.15, 0.2) is 12.1 Å². The Morgan fingerprint density at radius 3 is 2.94 bits per heavy atom. The molecule has 0 bridgehead atoms. The first-order valence-electron chi connectivity index (χ1n) is 5.00. The van der Waals surface area contributed by atoms with Gasteiger partial charge in [-0.2, -0.15) is 0 Å². The van der Waals surface area contributed by atoms with Gasteiger partial charge in [0, 0.05) is 11.3 Å². The summed E-state index contributed by atoms with van der Waals surface area (Å²) in [7, 11) is 0. The highest BCUT2D eigenvalue weighted by Crippen LogP contribution is 2.11. The van der Waals surface area contributed by atoms with E-state index in [1.165, 1.54) is 6.07 Å². The first-order valence-corrected chi connectivity index (χ1v) is 5.38. The van der Waals surface area contributed by atoms with Gasteiger partial charge in [0.05, 0.1) is 6.04 Å². The summed E-state index contributed by atoms with van der Waals surface area (Å²) >= 11 is 5.81. The number of rotatable bonds is 3. The zero-order valence-electron chi connectivity index (χ0n) is 9.25. The fourth-order valence-corrected chi connectivity index (χ4v) is 1.41. The summed E-state index contributed by atoms with van der Waals surface area (Å²) in [6, 6.07) is 2.94. The number of halogens is 1. The largest absolute Gasteiger partial charge is 0.339 e. The van der Waals surface area contributed by atoms with Crippen molar-refractivity contribution in [3.05, 3.63) is 28.5 Å². The number of hydrogen-bond donors (Lipinski definition) is 1. The Labute approximate surface area is 100 Å². The number of carbonyl (C=O) groups excluding carboxylic acids is 1. The van der Waals surface area contributed by atoms with Crippen molar-refractivity contribution in [2.45, 2.75) is 26.3 Å². The number of pyridine rings is 1. The molecule has 1 aromatic rings. The van der Waals surface area contributed by atoms with Crippen molar-refractivity contribution in [2.75, 3.05) is 0 Å². The normalized spacial score (nSPS) is 11.6. The molecule has 1 atom stereocenters. The molecule has 0 aliphatic carbocycles. The van der Waals surface area contributed by atoms with E-state index >= 15 is 0 Å². The zero-order valence-corrected chi connectivity index (χ0v) is 10.0. The molecule has 1 N–H and O–H groups in total. The van der Waals surface area contributed by atoms with Crippen molar-refractivity contribution in [1.29, 1.82) is 0 Å². The maximum absolute atomic E-state index is 11.7. The molecule has 1 amide bonds. The monoisotopic (exact) mass is 236 g/mol. The highest BCUT2D eigenvalue weighted by Gasteiger charge is 2.10. The minimum absolute atomic E-state index is 0.232. The summed E-state index contributed by atoms with van der Waals surface area (Å²) in [4.78, 5) is 15.8. The second-order valence-corrected chi connectivity index (χ2v) is 3.77. The van der Waals surface area contributed by atoms with Gasteiger partial charge in [-0.1, -0.05) is 24.4 Å². The number of nitrogens with one attached hydrogen (secondary N) is 1. The second-order valence-electron chi connectivity index (χ2n) is 3.39. The minimum Gasteiger partial charge on any atom is -0.339 e. The van der Waals surface area contributed by atoms with Gasteiger partial charge in [0.15, 0.2) is 0 Å². The van der Waals surface area contributed by atoms with E-state index < -0.39 is 0 Å². The number of nitrogens with zero attached hydrogens (tertiary/aromatic N) is 1. The molecular weight excluding hydrogens is 224 g/mol. The van der Waals surface area contributed by atoms with E-state index in [2.05, 4.69) is 16.2 Å². The van der Waals surface area contributed by atoms with Crippen LogP contribution >= 0.6 is 11.6 Å². The Kier molecular flexibility index (Phi) is 4.33. The average molecular weight is 237 g/mol. The summed E-state index contributed by atoms with van der Waals surface area (Å²) in [5.74, 6) is 2.20. The predicted molar refractivity (Wildman–Crippen MR) is 64.4 cm³/mol. The van der Waals surface area contributed by atoms with Gasteiger partial charge < -0.3 is 5.32 Å². The molecule has 16 heavy (non-hydrogen) atoms. The lowest BCUT2D eigenvalue weighted by Crippen LogP contribution is -2.31. The molecule has 84 valence electrons. The smallest absolute Gasteiger partial charge is 0.252 e. The lowest BCUT2D eigenvalue weighted by Gasteiger charge is -2.08. The third-order valence-corrected chi connectivity index (χ3v) is 2.26. The summed E-state index contributed by atoms with van der Waals surface area (Å²) in [6.45, 7) is 3.69. The van der Waals surface area contributed by atoms with Crippen molar-refractivity contribution >= 4 is 17.5 Å². The van der Waals surface area contributed by atoms with Crippen molar-refractivity contribution in [2.24, 2.45) is 0 Å². The summed E-state index contributed by atoms with van der Waals surface area (Å²) < 4.78 is 0. The van der Waals surface area contributed by atoms with Crippen LogP contribution in [0.4, 0.5) is 0 Å². The molecule has 0 saturated carbocycles. The van der Waals surface area contributed by atoms with Crippen LogP contribution in [0, 0.1) is 12.3 Å². The Hall–Kier alpha value is -1.53. The number of aryl methyl sites for hydroxylation is 1. The van der Waals surface area contributed by atoms with Gasteiger partial charge in [0.2, 0.25) is 0 Å². The summed E-state index contributed by atoms with van der Waals surface area (Å²) in [5, 5.41) is 2.98. The number of hydrogen-bond acceptors (Lipinski definition) is 2. The Bertz CT molecular complexity index is 437. The summed E-state index contributed by atoms with van der Waals surface area (Å²) in [5.41, 5.74) is 1.27. The molecule has 1 heterocycles. The van der Waals surface area contributed by atoms with Crippen molar-refractivity contribution in [3.63, 3.8) is 0 Å². The lowest BCUT2D eigenvalue weighted by molar-refractivity contribution is 0.0948. The third-order valence-electron chi connectivity index (χ3n) is 2.07. The first kappa shape index (κ1) is 12.5. The number of aromatic nitrogens is 1. The highest BCUT2D eigenvalue weighted by molar-refractivity contribution is 6.29. The fraction of sp³-hybridized carbons (Fsp3) is 0.333. The lowest BCUT2D eigenvalue weighted by atomic mass is 10.2. The van der Waals surface area contributed by atoms with Crippen molar-refractivity contribution in [1.82, 2.24) is 10.3 Å². The van der Waals surface area contributed by atoms with Crippen LogP contribution < -0.4 is 5.32 Å². The Balaban J connectivity index is 2.91. The van der Waals surface area contributed by atoms with Gasteiger partial charge in [-0.3, -0.25) is 4.79 Å². The molecule has 0 fully saturated rings. The number of carbonyl (C=O) groups is 1. The molecule has 3 nitrogen and oxygen atoms in total. The minimum atomic E-state index is -0.301. The van der Waals surface area contributed by atoms with E-state index in [0.29, 0.717) is 10.7 Å². The molecule has 1 unspecified atom stereocenters. The van der Waals surface area contributed by atoms with Crippen LogP contribution in [-0.4, -0.2) is 16.9 Å². The van der Waals surface area contributed by atoms with Gasteiger partial charge in [0.25, 0.3) is 5.91 Å². The molecule has 0 aromatic carbocycles. The average Bonchev–Trinajstić information content (AvgIpc) is 2.27. The molecule has 1 rings (SSSR count). The van der Waals surface area contributed by atoms with Crippen molar-refractivity contribution in [3.8, 4) is 12.3 Å². The van der Waals surface area contributed by atoms with Crippen LogP contribution in [0.25, 0.3) is 0 Å². The fourth-order valence-electron chi connectivity index (χ4n) is 1.19. The van der Waals surface area contributed by atoms with E-state index in [0.717, 1.165) is 12.1 Å². The summed E-state index contributed by atoms with van der Waals surface area (Å²) in [6.07, 6.45) is 5.91. The van der Waals surface area contributed by atoms with E-state index in [-0.39, 0.29) is 11.9 Å². The number of terminal acetylenes is 1. The second kappa shape index (κ2) is 5.53. The molecule has 0 spiro atoms. The SMILES string of the molecule is C#CC(C)NC(=O)c1cc(Cl)nc(CC)c1. The standard InChI is InChI=1S/C12H13ClN2O/c1-4-8(3)14-12(16)9-6-10(5-2)15-11(13)7-9/h1,6-8H,5H2,2-3H3,(H,14,16). The first-order chi connectivity index (χ1) is 7.56. The van der Waals surface area contributed by atoms with Crippen LogP contribution in [0.3, 0.4) is 0 Å². The maximum atomic E-state index is 11.7. The molecule has 0 aliphatic heterocycles. The molecule has 4 heteroatoms. The van der Waals surface area contributed by atoms with Gasteiger partial charge in [-0.25, -0.2) is 4.98 Å². The van der Waals surface area contributed by atoms with Crippen LogP contribution in [0.1, 0.15) is 29.9 Å². The van der Waals surface area contributed by atoms with E-state index in [1.54, 1.807) is 13.0 Å². The van der Waals surface area contributed by atoms with Crippen LogP contribution in [-0.2, 0) is 6.42 Å². The number of amides is 1.